The molecule has 0 aliphatic rings. The van der Waals surface area contributed by atoms with Crippen LogP contribution < -0.4 is 4.89 Å². The minimum Gasteiger partial charge on any atom is -0.756 e. The van der Waals surface area contributed by atoms with Crippen molar-refractivity contribution in [2.45, 2.75) is 148 Å². The molecule has 0 rings (SSSR count). The molecule has 2 unspecified atom stereocenters. The second-order valence-corrected chi connectivity index (χ2v) is 15.0. The Kier molecular flexibility index (Phi) is 31.1. The van der Waals surface area contributed by atoms with Gasteiger partial charge in [0.2, 0.25) is 0 Å². The molecule has 0 amide bonds. The number of hydrogen-bond acceptors (Lipinski definition) is 7. The first-order valence-electron chi connectivity index (χ1n) is 18.7. The van der Waals surface area contributed by atoms with E-state index in [1.807, 2.05) is 28.1 Å². The number of esters is 1. The number of unbranched alkanes of at least 4 members (excludes halogenated alkanes) is 14. The van der Waals surface area contributed by atoms with E-state index in [0.29, 0.717) is 24.1 Å². The van der Waals surface area contributed by atoms with Gasteiger partial charge in [-0.1, -0.05) is 121 Å². The number of nitrogens with zero attached hydrogens (tertiary/aromatic N) is 1. The molecule has 0 bridgehead atoms. The monoisotopic (exact) mass is 686 g/mol. The highest BCUT2D eigenvalue weighted by Crippen LogP contribution is 2.38. The molecule has 8 nitrogen and oxygen atoms in total. The van der Waals surface area contributed by atoms with Gasteiger partial charge in [0.15, 0.2) is 0 Å². The molecule has 2 atom stereocenters. The van der Waals surface area contributed by atoms with E-state index in [-0.39, 0.29) is 26.2 Å². The molecule has 0 N–H and O–H groups in total. The Morgan fingerprint density at radius 1 is 0.660 bits per heavy atom. The summed E-state index contributed by atoms with van der Waals surface area (Å²) in [6, 6.07) is 0. The quantitative estimate of drug-likeness (QED) is 0.0219. The predicted molar refractivity (Wildman–Crippen MR) is 194 cm³/mol. The van der Waals surface area contributed by atoms with Crippen molar-refractivity contribution < 1.29 is 37.3 Å². The lowest BCUT2D eigenvalue weighted by molar-refractivity contribution is -0.870. The lowest BCUT2D eigenvalue weighted by atomic mass is 10.1. The predicted octanol–water partition coefficient (Wildman–Crippen LogP) is 9.63. The van der Waals surface area contributed by atoms with E-state index in [2.05, 4.69) is 43.4 Å². The van der Waals surface area contributed by atoms with Crippen molar-refractivity contribution in [3.8, 4) is 0 Å². The molecule has 0 radical (unpaired) electrons. The van der Waals surface area contributed by atoms with Gasteiger partial charge >= 0.3 is 5.97 Å². The van der Waals surface area contributed by atoms with Crippen molar-refractivity contribution in [2.75, 3.05) is 54.1 Å². The molecule has 0 saturated heterocycles. The van der Waals surface area contributed by atoms with Crippen molar-refractivity contribution in [3.63, 3.8) is 0 Å². The van der Waals surface area contributed by atoms with Crippen LogP contribution in [0.2, 0.25) is 0 Å². The summed E-state index contributed by atoms with van der Waals surface area (Å²) in [6.45, 7) is 5.00. The van der Waals surface area contributed by atoms with Gasteiger partial charge in [-0.3, -0.25) is 9.36 Å². The summed E-state index contributed by atoms with van der Waals surface area (Å²) in [5.41, 5.74) is 0. The van der Waals surface area contributed by atoms with E-state index < -0.39 is 19.9 Å². The number of ether oxygens (including phenoxy) is 2. The molecule has 0 aromatic heterocycles. The van der Waals surface area contributed by atoms with E-state index in [4.69, 9.17) is 18.5 Å². The van der Waals surface area contributed by atoms with Gasteiger partial charge in [-0.15, -0.1) is 0 Å². The van der Waals surface area contributed by atoms with Gasteiger partial charge in [0, 0.05) is 13.0 Å². The minimum absolute atomic E-state index is 0.0228. The third kappa shape index (κ3) is 35.8. The number of quaternary nitrogens is 1. The maximum atomic E-state index is 12.1. The van der Waals surface area contributed by atoms with Gasteiger partial charge < -0.3 is 27.9 Å². The van der Waals surface area contributed by atoms with Crippen molar-refractivity contribution in [2.24, 2.45) is 0 Å². The summed E-state index contributed by atoms with van der Waals surface area (Å²) in [4.78, 5) is 24.1. The van der Waals surface area contributed by atoms with Crippen molar-refractivity contribution in [1.82, 2.24) is 0 Å². The smallest absolute Gasteiger partial charge is 0.306 e. The van der Waals surface area contributed by atoms with E-state index in [1.165, 1.54) is 89.9 Å². The molecular weight excluding hydrogens is 613 g/mol. The van der Waals surface area contributed by atoms with Gasteiger partial charge in [0.25, 0.3) is 7.82 Å². The second-order valence-electron chi connectivity index (χ2n) is 13.6. The van der Waals surface area contributed by atoms with Crippen molar-refractivity contribution in [3.05, 3.63) is 36.5 Å². The molecular formula is C38H72NO7P. The van der Waals surface area contributed by atoms with Gasteiger partial charge in [-0.25, -0.2) is 0 Å². The molecule has 0 spiro atoms. The second kappa shape index (κ2) is 32.0. The fraction of sp³-hybridized carbons (Fsp3) is 0.816. The van der Waals surface area contributed by atoms with Crippen LogP contribution in [0, 0.1) is 0 Å². The highest BCUT2D eigenvalue weighted by atomic mass is 31.2. The minimum atomic E-state index is -4.49. The summed E-state index contributed by atoms with van der Waals surface area (Å²) in [6.07, 6.45) is 36.0. The lowest BCUT2D eigenvalue weighted by Gasteiger charge is -2.28. The average Bonchev–Trinajstić information content (AvgIpc) is 3.00. The first kappa shape index (κ1) is 45.7. The summed E-state index contributed by atoms with van der Waals surface area (Å²) in [7, 11) is 1.34. The zero-order valence-electron chi connectivity index (χ0n) is 31.0. The highest BCUT2D eigenvalue weighted by Gasteiger charge is 2.20. The number of carbonyl (C=O) groups excluding carboxylic acids is 1. The summed E-state index contributed by atoms with van der Waals surface area (Å²) < 4.78 is 33.7. The zero-order chi connectivity index (χ0) is 34.9. The molecule has 47 heavy (non-hydrogen) atoms. The Hall–Kier alpha value is -1.28. The molecule has 276 valence electrons. The van der Waals surface area contributed by atoms with E-state index in [0.717, 1.165) is 25.7 Å². The standard InChI is InChI=1S/C38H72NO7P/c1-6-8-9-10-11-12-13-14-15-16-17-18-19-20-21-22-23-24-25-26-27-28-29-30-33-43-35-37(46-38(40)31-7-2)36-45-47(41,42)44-34-32-39(3,4)5/h13-14,16-17,19-20,37H,6-12,15,18,21-36H2,1-5H3/b14-13-,17-16-,20-19-. The van der Waals surface area contributed by atoms with Crippen LogP contribution >= 0.6 is 7.82 Å². The van der Waals surface area contributed by atoms with Crippen LogP contribution in [-0.4, -0.2) is 70.7 Å². The average molecular weight is 686 g/mol. The van der Waals surface area contributed by atoms with Crippen LogP contribution in [0.3, 0.4) is 0 Å². The van der Waals surface area contributed by atoms with Crippen molar-refractivity contribution >= 4 is 13.8 Å². The topological polar surface area (TPSA) is 94.1 Å². The van der Waals surface area contributed by atoms with Gasteiger partial charge in [0.1, 0.15) is 19.3 Å². The first-order valence-corrected chi connectivity index (χ1v) is 20.2. The van der Waals surface area contributed by atoms with E-state index in [9.17, 15) is 14.3 Å². The van der Waals surface area contributed by atoms with Crippen LogP contribution in [0.1, 0.15) is 142 Å². The summed E-state index contributed by atoms with van der Waals surface area (Å²) in [5.74, 6) is -0.391. The van der Waals surface area contributed by atoms with Gasteiger partial charge in [-0.05, 0) is 51.4 Å². The third-order valence-electron chi connectivity index (χ3n) is 7.66. The summed E-state index contributed by atoms with van der Waals surface area (Å²) >= 11 is 0. The molecule has 0 heterocycles. The molecule has 0 aliphatic carbocycles. The number of phosphoric ester groups is 1. The SMILES string of the molecule is CCCCCCC/C=C\C/C=C\C/C=C\CCCCCCCCCCCOCC(COP(=O)([O-])OCC[N+](C)(C)C)OC(=O)CCC. The maximum absolute atomic E-state index is 12.1. The van der Waals surface area contributed by atoms with E-state index in [1.54, 1.807) is 0 Å². The Morgan fingerprint density at radius 2 is 1.17 bits per heavy atom. The zero-order valence-corrected chi connectivity index (χ0v) is 31.9. The fourth-order valence-electron chi connectivity index (χ4n) is 4.77. The Morgan fingerprint density at radius 3 is 1.70 bits per heavy atom. The molecule has 0 aromatic carbocycles. The number of likely N-dealkylation sites (N-methyl/N-ethyl adjacent to an activating group) is 1. The largest absolute Gasteiger partial charge is 0.756 e. The number of allylic oxidation sites excluding steroid dienone is 6. The van der Waals surface area contributed by atoms with Gasteiger partial charge in [-0.2, -0.15) is 0 Å². The highest BCUT2D eigenvalue weighted by molar-refractivity contribution is 7.45. The van der Waals surface area contributed by atoms with Crippen LogP contribution in [0.25, 0.3) is 0 Å². The van der Waals surface area contributed by atoms with Gasteiger partial charge in [0.05, 0.1) is 34.4 Å². The molecule has 9 heteroatoms. The Labute approximate surface area is 289 Å². The first-order chi connectivity index (χ1) is 22.6. The van der Waals surface area contributed by atoms with Crippen LogP contribution in [0.5, 0.6) is 0 Å². The number of hydrogen-bond donors (Lipinski definition) is 0. The molecule has 0 aliphatic heterocycles. The fourth-order valence-corrected chi connectivity index (χ4v) is 5.49. The maximum Gasteiger partial charge on any atom is 0.306 e. The van der Waals surface area contributed by atoms with E-state index >= 15 is 0 Å². The number of phosphoric acid groups is 1. The van der Waals surface area contributed by atoms with Crippen LogP contribution in [-0.2, 0) is 27.9 Å². The molecule has 0 aromatic rings. The Bertz CT molecular complexity index is 853. The van der Waals surface area contributed by atoms with Crippen LogP contribution in [0.4, 0.5) is 0 Å². The third-order valence-corrected chi connectivity index (χ3v) is 8.63. The Balaban J connectivity index is 3.80. The normalized spacial score (nSPS) is 14.4. The number of rotatable bonds is 34. The van der Waals surface area contributed by atoms with Crippen molar-refractivity contribution in [1.29, 1.82) is 0 Å². The molecule has 0 saturated carbocycles. The van der Waals surface area contributed by atoms with Crippen LogP contribution in [0.15, 0.2) is 36.5 Å². The molecule has 0 fully saturated rings. The number of carbonyl (C=O) groups is 1. The lowest BCUT2D eigenvalue weighted by Crippen LogP contribution is -2.37. The summed E-state index contributed by atoms with van der Waals surface area (Å²) in [5, 5.41) is 0.